The molecule has 2 aromatic heterocycles. The van der Waals surface area contributed by atoms with Gasteiger partial charge in [0, 0.05) is 44.9 Å². The van der Waals surface area contributed by atoms with E-state index in [0.717, 1.165) is 62.0 Å². The van der Waals surface area contributed by atoms with E-state index in [-0.39, 0.29) is 19.3 Å². The van der Waals surface area contributed by atoms with E-state index in [1.165, 1.54) is 0 Å². The van der Waals surface area contributed by atoms with E-state index in [2.05, 4.69) is 21.2 Å². The summed E-state index contributed by atoms with van der Waals surface area (Å²) in [6.07, 6.45) is 8.24. The van der Waals surface area contributed by atoms with Crippen LogP contribution in [0.4, 0.5) is 5.82 Å². The van der Waals surface area contributed by atoms with Gasteiger partial charge in [0.15, 0.2) is 0 Å². The fourth-order valence-corrected chi connectivity index (χ4v) is 5.01. The zero-order valence-corrected chi connectivity index (χ0v) is 19.2. The van der Waals surface area contributed by atoms with Crippen molar-refractivity contribution < 1.29 is 19.3 Å². The number of morpholine rings is 1. The molecule has 1 unspecified atom stereocenters. The standard InChI is InChI=1S/C24H33N5O4/c1-28-16-18(14-26-28)17-2-4-19(5-3-17)33-24-21-12-20(32-11-8-30)15-25-22(21)13-23(27-24)29-6-9-31-10-7-29/h12-15,17-19,30H,2-11,16H2,1H3. The van der Waals surface area contributed by atoms with Gasteiger partial charge >= 0.3 is 0 Å². The minimum absolute atomic E-state index is 0.0413. The van der Waals surface area contributed by atoms with Gasteiger partial charge in [-0.3, -0.25) is 9.99 Å². The maximum absolute atomic E-state index is 9.10. The van der Waals surface area contributed by atoms with Crippen molar-refractivity contribution in [3.8, 4) is 11.6 Å². The number of hydrogen-bond donors (Lipinski definition) is 1. The van der Waals surface area contributed by atoms with Crippen LogP contribution in [0.5, 0.6) is 11.6 Å². The molecule has 4 heterocycles. The first kappa shape index (κ1) is 22.2. The average molecular weight is 456 g/mol. The number of rotatable bonds is 7. The SMILES string of the molecule is CN1CC(C2CCC(Oc3nc(N4CCOCC4)cc4ncc(OCCO)cc34)CC2)C=N1. The van der Waals surface area contributed by atoms with E-state index in [0.29, 0.717) is 36.7 Å². The lowest BCUT2D eigenvalue weighted by Gasteiger charge is -2.32. The van der Waals surface area contributed by atoms with Crippen LogP contribution in [0.3, 0.4) is 0 Å². The van der Waals surface area contributed by atoms with Crippen molar-refractivity contribution >= 4 is 22.9 Å². The number of fused-ring (bicyclic) bond motifs is 1. The smallest absolute Gasteiger partial charge is 0.225 e. The third-order valence-electron chi connectivity index (χ3n) is 6.83. The third-order valence-corrected chi connectivity index (χ3v) is 6.83. The maximum Gasteiger partial charge on any atom is 0.225 e. The molecule has 0 amide bonds. The Labute approximate surface area is 194 Å². The fraction of sp³-hybridized carbons (Fsp3) is 0.625. The first-order valence-electron chi connectivity index (χ1n) is 12.0. The van der Waals surface area contributed by atoms with E-state index in [9.17, 15) is 0 Å². The van der Waals surface area contributed by atoms with Gasteiger partial charge in [-0.25, -0.2) is 0 Å². The summed E-state index contributed by atoms with van der Waals surface area (Å²) in [4.78, 5) is 11.8. The normalized spacial score (nSPS) is 25.6. The Kier molecular flexibility index (Phi) is 6.78. The van der Waals surface area contributed by atoms with Gasteiger partial charge < -0.3 is 24.2 Å². The Hall–Kier alpha value is -2.65. The van der Waals surface area contributed by atoms with Gasteiger partial charge in [0.1, 0.15) is 24.3 Å². The Balaban J connectivity index is 1.35. The van der Waals surface area contributed by atoms with Gasteiger partial charge in [-0.15, -0.1) is 0 Å². The first-order chi connectivity index (χ1) is 16.2. The molecule has 0 radical (unpaired) electrons. The Morgan fingerprint density at radius 3 is 2.70 bits per heavy atom. The summed E-state index contributed by atoms with van der Waals surface area (Å²) in [7, 11) is 2.04. The molecule has 1 aliphatic carbocycles. The van der Waals surface area contributed by atoms with Crippen LogP contribution < -0.4 is 14.4 Å². The largest absolute Gasteiger partial charge is 0.490 e. The van der Waals surface area contributed by atoms with Crippen molar-refractivity contribution in [1.82, 2.24) is 15.0 Å². The Morgan fingerprint density at radius 1 is 1.15 bits per heavy atom. The second-order valence-corrected chi connectivity index (χ2v) is 9.12. The first-order valence-corrected chi connectivity index (χ1v) is 12.0. The number of aliphatic hydroxyl groups excluding tert-OH is 1. The number of nitrogens with zero attached hydrogens (tertiary/aromatic N) is 5. The van der Waals surface area contributed by atoms with Crippen molar-refractivity contribution in [3.05, 3.63) is 18.3 Å². The molecule has 0 spiro atoms. The molecule has 5 rings (SSSR count). The lowest BCUT2D eigenvalue weighted by atomic mass is 9.79. The summed E-state index contributed by atoms with van der Waals surface area (Å²) in [5.74, 6) is 3.31. The number of hydrogen-bond acceptors (Lipinski definition) is 9. The van der Waals surface area contributed by atoms with Crippen LogP contribution in [0.25, 0.3) is 10.9 Å². The predicted octanol–water partition coefficient (Wildman–Crippen LogP) is 2.32. The summed E-state index contributed by atoms with van der Waals surface area (Å²) >= 11 is 0. The van der Waals surface area contributed by atoms with Crippen molar-refractivity contribution in [3.63, 3.8) is 0 Å². The monoisotopic (exact) mass is 455 g/mol. The van der Waals surface area contributed by atoms with Gasteiger partial charge in [0.05, 0.1) is 36.9 Å². The van der Waals surface area contributed by atoms with Gasteiger partial charge in [0.25, 0.3) is 0 Å². The molecule has 1 saturated heterocycles. The zero-order chi connectivity index (χ0) is 22.6. The minimum Gasteiger partial charge on any atom is -0.490 e. The molecule has 9 heteroatoms. The van der Waals surface area contributed by atoms with Gasteiger partial charge in [-0.2, -0.15) is 10.1 Å². The molecule has 9 nitrogen and oxygen atoms in total. The summed E-state index contributed by atoms with van der Waals surface area (Å²) in [5, 5.41) is 16.4. The minimum atomic E-state index is -0.0413. The number of aromatic nitrogens is 2. The average Bonchev–Trinajstić information content (AvgIpc) is 3.30. The van der Waals surface area contributed by atoms with Crippen LogP contribution >= 0.6 is 0 Å². The van der Waals surface area contributed by atoms with Crippen LogP contribution in [-0.4, -0.2) is 85.5 Å². The topological polar surface area (TPSA) is 92.5 Å². The zero-order valence-electron chi connectivity index (χ0n) is 19.2. The summed E-state index contributed by atoms with van der Waals surface area (Å²) < 4.78 is 17.6. The number of anilines is 1. The van der Waals surface area contributed by atoms with Crippen molar-refractivity contribution in [2.24, 2.45) is 16.9 Å². The second-order valence-electron chi connectivity index (χ2n) is 9.12. The molecule has 1 atom stereocenters. The van der Waals surface area contributed by atoms with E-state index in [1.807, 2.05) is 24.2 Å². The molecule has 0 aromatic carbocycles. The third kappa shape index (κ3) is 5.14. The molecule has 178 valence electrons. The van der Waals surface area contributed by atoms with E-state index in [1.54, 1.807) is 6.20 Å². The highest BCUT2D eigenvalue weighted by Gasteiger charge is 2.31. The van der Waals surface area contributed by atoms with Crippen molar-refractivity contribution in [2.75, 3.05) is 58.0 Å². The van der Waals surface area contributed by atoms with Gasteiger partial charge in [-0.1, -0.05) is 0 Å². The number of aliphatic hydroxyl groups is 1. The van der Waals surface area contributed by atoms with Crippen LogP contribution in [-0.2, 0) is 4.74 Å². The van der Waals surface area contributed by atoms with E-state index < -0.39 is 0 Å². The number of hydrazone groups is 1. The molecule has 2 aromatic rings. The summed E-state index contributed by atoms with van der Waals surface area (Å²) in [5.41, 5.74) is 0.830. The van der Waals surface area contributed by atoms with Crippen molar-refractivity contribution in [1.29, 1.82) is 0 Å². The van der Waals surface area contributed by atoms with E-state index in [4.69, 9.17) is 24.3 Å². The molecule has 1 N–H and O–H groups in total. The van der Waals surface area contributed by atoms with Crippen molar-refractivity contribution in [2.45, 2.75) is 31.8 Å². The maximum atomic E-state index is 9.10. The molecule has 1 saturated carbocycles. The van der Waals surface area contributed by atoms with Gasteiger partial charge in [0.2, 0.25) is 5.88 Å². The van der Waals surface area contributed by atoms with Crippen LogP contribution in [0.1, 0.15) is 25.7 Å². The molecule has 3 aliphatic rings. The molecule has 0 bridgehead atoms. The van der Waals surface area contributed by atoms with Crippen LogP contribution in [0.15, 0.2) is 23.4 Å². The molecule has 2 fully saturated rings. The summed E-state index contributed by atoms with van der Waals surface area (Å²) in [6.45, 7) is 4.21. The van der Waals surface area contributed by atoms with E-state index >= 15 is 0 Å². The Bertz CT molecular complexity index is 973. The highest BCUT2D eigenvalue weighted by molar-refractivity contribution is 5.87. The predicted molar refractivity (Wildman–Crippen MR) is 126 cm³/mol. The lowest BCUT2D eigenvalue weighted by Crippen LogP contribution is -2.37. The second kappa shape index (κ2) is 10.1. The Morgan fingerprint density at radius 2 is 1.97 bits per heavy atom. The molecule has 2 aliphatic heterocycles. The van der Waals surface area contributed by atoms with Crippen LogP contribution in [0, 0.1) is 11.8 Å². The number of pyridine rings is 2. The fourth-order valence-electron chi connectivity index (χ4n) is 5.01. The molecular formula is C24H33N5O4. The van der Waals surface area contributed by atoms with Crippen LogP contribution in [0.2, 0.25) is 0 Å². The highest BCUT2D eigenvalue weighted by atomic mass is 16.5. The highest BCUT2D eigenvalue weighted by Crippen LogP contribution is 2.36. The summed E-state index contributed by atoms with van der Waals surface area (Å²) in [6, 6.07) is 3.93. The molecule has 33 heavy (non-hydrogen) atoms. The lowest BCUT2D eigenvalue weighted by molar-refractivity contribution is 0.114. The quantitative estimate of drug-likeness (QED) is 0.680. The molecular weight excluding hydrogens is 422 g/mol. The van der Waals surface area contributed by atoms with Gasteiger partial charge in [-0.05, 0) is 37.7 Å². The number of ether oxygens (including phenoxy) is 3.